The van der Waals surface area contributed by atoms with E-state index < -0.39 is 45.1 Å². The molecule has 0 saturated carbocycles. The van der Waals surface area contributed by atoms with E-state index >= 15 is 0 Å². The number of phosphoric acid groups is 1. The van der Waals surface area contributed by atoms with Crippen LogP contribution in [-0.4, -0.2) is 60.5 Å². The third-order valence-corrected chi connectivity index (χ3v) is 9.38. The summed E-state index contributed by atoms with van der Waals surface area (Å²) in [5, 5.41) is 8.90. The van der Waals surface area contributed by atoms with Gasteiger partial charge in [0.15, 0.2) is 0 Å². The SMILES string of the molecule is CC/C=C\C/C=C\C/C=C\C/C=C\C/C=C\C/C=C\C/C=C\CCCCOCC(COP(=O)(O)OCC(N)C(=O)O)OC(=O)CCCC/C=C\C/C=C\C/C=C\C/C=C\CC. The number of carboxylic acid groups (broad SMARTS) is 1. The first-order valence-electron chi connectivity index (χ1n) is 22.2. The van der Waals surface area contributed by atoms with Crippen molar-refractivity contribution >= 4 is 19.8 Å². The summed E-state index contributed by atoms with van der Waals surface area (Å²) in [6, 6.07) is -1.50. The van der Waals surface area contributed by atoms with Crippen molar-refractivity contribution in [3.63, 3.8) is 0 Å². The maximum absolute atomic E-state index is 12.6. The second-order valence-electron chi connectivity index (χ2n) is 14.1. The first kappa shape index (κ1) is 57.1. The van der Waals surface area contributed by atoms with Gasteiger partial charge in [0, 0.05) is 13.0 Å². The fraction of sp³-hybridized carbons (Fsp3) is 0.520. The Morgan fingerprint density at radius 1 is 0.525 bits per heavy atom. The Kier molecular flexibility index (Phi) is 41.4. The zero-order valence-corrected chi connectivity index (χ0v) is 38.1. The Bertz CT molecular complexity index is 1470. The summed E-state index contributed by atoms with van der Waals surface area (Å²) in [5.41, 5.74) is 5.35. The normalized spacial score (nSPS) is 15.1. The number of carbonyl (C=O) groups excluding carboxylic acids is 1. The van der Waals surface area contributed by atoms with Gasteiger partial charge in [-0.15, -0.1) is 0 Å². The van der Waals surface area contributed by atoms with Crippen LogP contribution in [0.2, 0.25) is 0 Å². The zero-order valence-electron chi connectivity index (χ0n) is 37.2. The van der Waals surface area contributed by atoms with E-state index in [-0.39, 0.29) is 13.0 Å². The van der Waals surface area contributed by atoms with Crippen LogP contribution in [0.5, 0.6) is 0 Å². The Morgan fingerprint density at radius 3 is 1.28 bits per heavy atom. The van der Waals surface area contributed by atoms with Gasteiger partial charge in [-0.3, -0.25) is 18.6 Å². The number of allylic oxidation sites excluding steroid dienone is 22. The van der Waals surface area contributed by atoms with Crippen LogP contribution in [0.15, 0.2) is 134 Å². The minimum absolute atomic E-state index is 0.0408. The maximum Gasteiger partial charge on any atom is 0.472 e. The molecule has 0 amide bonds. The molecular weight excluding hydrogens is 790 g/mol. The number of esters is 1. The number of unbranched alkanes of at least 4 members (excludes halogenated alkanes) is 4. The zero-order chi connectivity index (χ0) is 44.8. The summed E-state index contributed by atoms with van der Waals surface area (Å²) in [4.78, 5) is 33.5. The Labute approximate surface area is 368 Å². The van der Waals surface area contributed by atoms with Crippen molar-refractivity contribution < 1.29 is 42.7 Å². The highest BCUT2D eigenvalue weighted by Gasteiger charge is 2.27. The summed E-state index contributed by atoms with van der Waals surface area (Å²) in [6.07, 6.45) is 62.3. The van der Waals surface area contributed by atoms with E-state index in [0.29, 0.717) is 13.0 Å². The molecule has 4 N–H and O–H groups in total. The van der Waals surface area contributed by atoms with E-state index in [2.05, 4.69) is 148 Å². The number of phosphoric ester groups is 1. The Balaban J connectivity index is 4.40. The number of ether oxygens (including phenoxy) is 2. The van der Waals surface area contributed by atoms with Gasteiger partial charge in [0.25, 0.3) is 0 Å². The molecule has 0 spiro atoms. The molecule has 0 aliphatic heterocycles. The van der Waals surface area contributed by atoms with Gasteiger partial charge in [-0.1, -0.05) is 148 Å². The number of aliphatic carboxylic acids is 1. The molecule has 0 aromatic heterocycles. The van der Waals surface area contributed by atoms with Crippen molar-refractivity contribution in [3.8, 4) is 0 Å². The molecule has 0 radical (unpaired) electrons. The van der Waals surface area contributed by atoms with Crippen LogP contribution < -0.4 is 5.73 Å². The predicted molar refractivity (Wildman–Crippen MR) is 253 cm³/mol. The lowest BCUT2D eigenvalue weighted by Gasteiger charge is -2.20. The first-order valence-corrected chi connectivity index (χ1v) is 23.7. The lowest BCUT2D eigenvalue weighted by Crippen LogP contribution is -2.34. The van der Waals surface area contributed by atoms with E-state index in [1.165, 1.54) is 0 Å². The molecule has 0 aliphatic carbocycles. The molecule has 10 nitrogen and oxygen atoms in total. The lowest BCUT2D eigenvalue weighted by atomic mass is 10.2. The fourth-order valence-corrected chi connectivity index (χ4v) is 5.82. The van der Waals surface area contributed by atoms with Gasteiger partial charge < -0.3 is 25.2 Å². The number of rotatable bonds is 40. The third kappa shape index (κ3) is 44.0. The molecule has 0 aromatic rings. The van der Waals surface area contributed by atoms with Crippen LogP contribution in [0.25, 0.3) is 0 Å². The fourth-order valence-electron chi connectivity index (χ4n) is 5.04. The van der Waals surface area contributed by atoms with E-state index in [1.807, 2.05) is 0 Å². The monoisotopic (exact) mass is 868 g/mol. The minimum atomic E-state index is -4.65. The summed E-state index contributed by atoms with van der Waals surface area (Å²) in [7, 11) is -4.65. The third-order valence-electron chi connectivity index (χ3n) is 8.43. The van der Waals surface area contributed by atoms with Gasteiger partial charge >= 0.3 is 19.8 Å². The molecule has 61 heavy (non-hydrogen) atoms. The minimum Gasteiger partial charge on any atom is -0.480 e. The van der Waals surface area contributed by atoms with E-state index in [9.17, 15) is 19.0 Å². The van der Waals surface area contributed by atoms with Crippen LogP contribution in [0.1, 0.15) is 129 Å². The molecule has 342 valence electrons. The highest BCUT2D eigenvalue weighted by molar-refractivity contribution is 7.47. The van der Waals surface area contributed by atoms with Gasteiger partial charge in [-0.2, -0.15) is 0 Å². The quantitative estimate of drug-likeness (QED) is 0.0235. The van der Waals surface area contributed by atoms with Crippen LogP contribution >= 0.6 is 7.82 Å². The first-order chi connectivity index (χ1) is 29.7. The van der Waals surface area contributed by atoms with Crippen molar-refractivity contribution in [3.05, 3.63) is 134 Å². The highest BCUT2D eigenvalue weighted by Crippen LogP contribution is 2.43. The second-order valence-corrected chi connectivity index (χ2v) is 15.5. The molecule has 0 fully saturated rings. The number of nitrogens with two attached hydrogens (primary N) is 1. The molecular formula is C50H78NO9P. The molecule has 0 saturated heterocycles. The summed E-state index contributed by atoms with van der Waals surface area (Å²) in [5.74, 6) is -1.86. The van der Waals surface area contributed by atoms with Crippen LogP contribution in [0, 0.1) is 0 Å². The highest BCUT2D eigenvalue weighted by atomic mass is 31.2. The number of carboxylic acids is 1. The Morgan fingerprint density at radius 2 is 0.885 bits per heavy atom. The second kappa shape index (κ2) is 44.2. The van der Waals surface area contributed by atoms with Crippen LogP contribution in [0.4, 0.5) is 0 Å². The number of hydrogen-bond donors (Lipinski definition) is 3. The Hall–Kier alpha value is -3.89. The van der Waals surface area contributed by atoms with Crippen molar-refractivity contribution in [1.82, 2.24) is 0 Å². The van der Waals surface area contributed by atoms with Crippen molar-refractivity contribution in [2.24, 2.45) is 5.73 Å². The maximum atomic E-state index is 12.6. The topological polar surface area (TPSA) is 155 Å². The average Bonchev–Trinajstić information content (AvgIpc) is 3.24. The standard InChI is InChI=1S/C50H78NO9P/c1-3-5-7-9-11-13-15-17-19-20-21-22-23-24-25-26-27-29-31-33-35-37-39-41-43-57-44-47(45-58-61(55,56)59-46-48(51)50(53)54)60-49(52)42-40-38-36-34-32-30-28-18-16-14-12-10-8-6-4-2/h5-8,11-14,17-19,21-22,24-25,27-29,32-35,47-48H,3-4,9-10,15-16,20,23,26,30-31,36-46,51H2,1-2H3,(H,53,54)(H,55,56)/b7-5-,8-6-,13-11-,14-12-,19-17-,22-21-,25-24-,28-18-,29-27-,34-32-,35-33-. The molecule has 0 heterocycles. The average molecular weight is 868 g/mol. The number of hydrogen-bond acceptors (Lipinski definition) is 8. The lowest BCUT2D eigenvalue weighted by molar-refractivity contribution is -0.154. The molecule has 0 bridgehead atoms. The van der Waals surface area contributed by atoms with E-state index in [4.69, 9.17) is 29.4 Å². The number of carbonyl (C=O) groups is 2. The van der Waals surface area contributed by atoms with Crippen molar-refractivity contribution in [1.29, 1.82) is 0 Å². The predicted octanol–water partition coefficient (Wildman–Crippen LogP) is 12.6. The molecule has 0 aliphatic rings. The molecule has 11 heteroatoms. The van der Waals surface area contributed by atoms with Crippen LogP contribution in [0.3, 0.4) is 0 Å². The molecule has 3 unspecified atom stereocenters. The van der Waals surface area contributed by atoms with Gasteiger partial charge in [-0.05, 0) is 109 Å². The van der Waals surface area contributed by atoms with Gasteiger partial charge in [-0.25, -0.2) is 4.57 Å². The van der Waals surface area contributed by atoms with E-state index in [0.717, 1.165) is 103 Å². The van der Waals surface area contributed by atoms with Crippen molar-refractivity contribution in [2.45, 2.75) is 142 Å². The van der Waals surface area contributed by atoms with Gasteiger partial charge in [0.1, 0.15) is 12.1 Å². The molecule has 3 atom stereocenters. The molecule has 0 aromatic carbocycles. The van der Waals surface area contributed by atoms with E-state index in [1.54, 1.807) is 0 Å². The largest absolute Gasteiger partial charge is 0.480 e. The molecule has 0 rings (SSSR count). The summed E-state index contributed by atoms with van der Waals surface area (Å²) in [6.45, 7) is 3.44. The van der Waals surface area contributed by atoms with Crippen molar-refractivity contribution in [2.75, 3.05) is 26.4 Å². The van der Waals surface area contributed by atoms with Crippen LogP contribution in [-0.2, 0) is 32.7 Å². The van der Waals surface area contributed by atoms with Gasteiger partial charge in [0.2, 0.25) is 0 Å². The smallest absolute Gasteiger partial charge is 0.472 e. The summed E-state index contributed by atoms with van der Waals surface area (Å²) >= 11 is 0. The summed E-state index contributed by atoms with van der Waals surface area (Å²) < 4.78 is 33.3. The van der Waals surface area contributed by atoms with Gasteiger partial charge in [0.05, 0.1) is 19.8 Å².